The van der Waals surface area contributed by atoms with Gasteiger partial charge in [-0.1, -0.05) is 29.8 Å². The van der Waals surface area contributed by atoms with E-state index >= 15 is 0 Å². The zero-order valence-electron chi connectivity index (χ0n) is 11.0. The average molecular weight is 354 g/mol. The van der Waals surface area contributed by atoms with Gasteiger partial charge < -0.3 is 4.74 Å². The Balaban J connectivity index is 2.18. The summed E-state index contributed by atoms with van der Waals surface area (Å²) < 4.78 is 6.21. The summed E-state index contributed by atoms with van der Waals surface area (Å²) in [6.45, 7) is 2.51. The summed E-state index contributed by atoms with van der Waals surface area (Å²) in [6.07, 6.45) is 0.292. The molecule has 0 fully saturated rings. The zero-order chi connectivity index (χ0) is 14.5. The Bertz CT molecular complexity index is 626. The molecule has 0 saturated carbocycles. The summed E-state index contributed by atoms with van der Waals surface area (Å²) in [5, 5.41) is 0.617. The van der Waals surface area contributed by atoms with Crippen molar-refractivity contribution in [3.63, 3.8) is 0 Å². The van der Waals surface area contributed by atoms with Crippen molar-refractivity contribution in [3.8, 4) is 5.75 Å². The van der Waals surface area contributed by atoms with Gasteiger partial charge in [0.1, 0.15) is 5.75 Å². The van der Waals surface area contributed by atoms with Gasteiger partial charge in [0.25, 0.3) is 0 Å². The molecule has 0 N–H and O–H groups in total. The molecule has 0 radical (unpaired) electrons. The first-order valence-corrected chi connectivity index (χ1v) is 7.48. The van der Waals surface area contributed by atoms with Crippen LogP contribution in [0.5, 0.6) is 5.75 Å². The zero-order valence-corrected chi connectivity index (χ0v) is 13.4. The Kier molecular flexibility index (Phi) is 5.21. The van der Waals surface area contributed by atoms with Gasteiger partial charge in [-0.05, 0) is 52.7 Å². The van der Waals surface area contributed by atoms with Gasteiger partial charge in [0.15, 0.2) is 5.78 Å². The van der Waals surface area contributed by atoms with E-state index in [1.165, 1.54) is 0 Å². The van der Waals surface area contributed by atoms with Crippen LogP contribution in [-0.2, 0) is 6.42 Å². The topological polar surface area (TPSA) is 26.3 Å². The molecule has 0 saturated heterocycles. The number of ketones is 1. The minimum atomic E-state index is 0.0295. The molecule has 4 heteroatoms. The van der Waals surface area contributed by atoms with Gasteiger partial charge in [-0.3, -0.25) is 4.79 Å². The van der Waals surface area contributed by atoms with Gasteiger partial charge in [-0.2, -0.15) is 0 Å². The Morgan fingerprint density at radius 2 is 2.00 bits per heavy atom. The van der Waals surface area contributed by atoms with Crippen LogP contribution in [0.25, 0.3) is 0 Å². The standard InChI is InChI=1S/C16H14BrClO2/c1-2-20-16-8-7-12(9-13(16)17)15(19)10-11-5-3-4-6-14(11)18/h3-9H,2,10H2,1H3. The third-order valence-electron chi connectivity index (χ3n) is 2.86. The van der Waals surface area contributed by atoms with Crippen LogP contribution in [0.4, 0.5) is 0 Å². The van der Waals surface area contributed by atoms with Crippen molar-refractivity contribution in [1.29, 1.82) is 0 Å². The van der Waals surface area contributed by atoms with Crippen LogP contribution < -0.4 is 4.74 Å². The number of benzene rings is 2. The Labute approximate surface area is 131 Å². The van der Waals surface area contributed by atoms with E-state index in [9.17, 15) is 4.79 Å². The summed E-state index contributed by atoms with van der Waals surface area (Å²) in [4.78, 5) is 12.3. The maximum atomic E-state index is 12.3. The van der Waals surface area contributed by atoms with Crippen molar-refractivity contribution >= 4 is 33.3 Å². The van der Waals surface area contributed by atoms with Crippen molar-refractivity contribution in [2.45, 2.75) is 13.3 Å². The molecule has 0 unspecified atom stereocenters. The van der Waals surface area contributed by atoms with Crippen molar-refractivity contribution in [1.82, 2.24) is 0 Å². The second-order valence-electron chi connectivity index (χ2n) is 4.27. The Hall–Kier alpha value is -1.32. The highest BCUT2D eigenvalue weighted by Gasteiger charge is 2.11. The van der Waals surface area contributed by atoms with Crippen LogP contribution in [0, 0.1) is 0 Å². The predicted molar refractivity (Wildman–Crippen MR) is 84.8 cm³/mol. The number of hydrogen-bond acceptors (Lipinski definition) is 2. The highest BCUT2D eigenvalue weighted by molar-refractivity contribution is 9.10. The molecule has 0 aliphatic rings. The molecule has 2 nitrogen and oxygen atoms in total. The van der Waals surface area contributed by atoms with E-state index in [2.05, 4.69) is 15.9 Å². The van der Waals surface area contributed by atoms with Crippen LogP contribution >= 0.6 is 27.5 Å². The largest absolute Gasteiger partial charge is 0.493 e. The fourth-order valence-corrected chi connectivity index (χ4v) is 2.56. The average Bonchev–Trinajstić information content (AvgIpc) is 2.43. The van der Waals surface area contributed by atoms with Crippen LogP contribution in [0.15, 0.2) is 46.9 Å². The van der Waals surface area contributed by atoms with E-state index in [0.29, 0.717) is 23.6 Å². The van der Waals surface area contributed by atoms with Crippen LogP contribution in [0.3, 0.4) is 0 Å². The van der Waals surface area contributed by atoms with Crippen LogP contribution in [0.1, 0.15) is 22.8 Å². The quantitative estimate of drug-likeness (QED) is 0.713. The molecule has 2 aromatic rings. The Morgan fingerprint density at radius 1 is 1.25 bits per heavy atom. The molecule has 0 aliphatic heterocycles. The van der Waals surface area contributed by atoms with E-state index in [1.54, 1.807) is 24.3 Å². The lowest BCUT2D eigenvalue weighted by Gasteiger charge is -2.08. The first-order chi connectivity index (χ1) is 9.61. The van der Waals surface area contributed by atoms with E-state index < -0.39 is 0 Å². The lowest BCUT2D eigenvalue weighted by atomic mass is 10.0. The smallest absolute Gasteiger partial charge is 0.167 e. The molecule has 0 amide bonds. The molecular weight excluding hydrogens is 340 g/mol. The van der Waals surface area contributed by atoms with E-state index in [-0.39, 0.29) is 5.78 Å². The molecule has 0 aromatic heterocycles. The number of rotatable bonds is 5. The normalized spacial score (nSPS) is 10.3. The minimum Gasteiger partial charge on any atom is -0.493 e. The first-order valence-electron chi connectivity index (χ1n) is 6.30. The predicted octanol–water partition coefficient (Wildman–Crippen LogP) is 4.93. The fourth-order valence-electron chi connectivity index (χ4n) is 1.86. The van der Waals surface area contributed by atoms with Crippen molar-refractivity contribution in [2.24, 2.45) is 0 Å². The highest BCUT2D eigenvalue weighted by atomic mass is 79.9. The summed E-state index contributed by atoms with van der Waals surface area (Å²) in [7, 11) is 0. The molecular formula is C16H14BrClO2. The van der Waals surface area contributed by atoms with Gasteiger partial charge >= 0.3 is 0 Å². The first kappa shape index (κ1) is 15.1. The number of hydrogen-bond donors (Lipinski definition) is 0. The Morgan fingerprint density at radius 3 is 2.65 bits per heavy atom. The van der Waals surface area contributed by atoms with Crippen LogP contribution in [0.2, 0.25) is 5.02 Å². The SMILES string of the molecule is CCOc1ccc(C(=O)Cc2ccccc2Cl)cc1Br. The molecule has 0 bridgehead atoms. The van der Waals surface area contributed by atoms with E-state index in [1.807, 2.05) is 25.1 Å². The monoisotopic (exact) mass is 352 g/mol. The summed E-state index contributed by atoms with van der Waals surface area (Å²) in [6, 6.07) is 12.7. The highest BCUT2D eigenvalue weighted by Crippen LogP contribution is 2.27. The maximum absolute atomic E-state index is 12.3. The minimum absolute atomic E-state index is 0.0295. The molecule has 20 heavy (non-hydrogen) atoms. The molecule has 0 aliphatic carbocycles. The maximum Gasteiger partial charge on any atom is 0.167 e. The van der Waals surface area contributed by atoms with E-state index in [4.69, 9.17) is 16.3 Å². The number of carbonyl (C=O) groups is 1. The lowest BCUT2D eigenvalue weighted by Crippen LogP contribution is -2.04. The van der Waals surface area contributed by atoms with Crippen molar-refractivity contribution in [2.75, 3.05) is 6.61 Å². The lowest BCUT2D eigenvalue weighted by molar-refractivity contribution is 0.0993. The second-order valence-corrected chi connectivity index (χ2v) is 5.53. The van der Waals surface area contributed by atoms with Gasteiger partial charge in [0, 0.05) is 17.0 Å². The fraction of sp³-hybridized carbons (Fsp3) is 0.188. The van der Waals surface area contributed by atoms with Crippen molar-refractivity contribution < 1.29 is 9.53 Å². The molecule has 104 valence electrons. The second kappa shape index (κ2) is 6.91. The number of halogens is 2. The van der Waals surface area contributed by atoms with Crippen molar-refractivity contribution in [3.05, 3.63) is 63.1 Å². The summed E-state index contributed by atoms with van der Waals surface area (Å²) >= 11 is 9.49. The number of ether oxygens (including phenoxy) is 1. The van der Waals surface area contributed by atoms with Gasteiger partial charge in [0.2, 0.25) is 0 Å². The number of Topliss-reactive ketones (excluding diaryl/α,β-unsaturated/α-hetero) is 1. The van der Waals surface area contributed by atoms with E-state index in [0.717, 1.165) is 15.8 Å². The molecule has 0 atom stereocenters. The number of carbonyl (C=O) groups excluding carboxylic acids is 1. The van der Waals surface area contributed by atoms with Gasteiger partial charge in [0.05, 0.1) is 11.1 Å². The molecule has 2 rings (SSSR count). The summed E-state index contributed by atoms with van der Waals surface area (Å²) in [5.41, 5.74) is 1.48. The summed E-state index contributed by atoms with van der Waals surface area (Å²) in [5.74, 6) is 0.767. The molecule has 0 heterocycles. The van der Waals surface area contributed by atoms with Crippen LogP contribution in [-0.4, -0.2) is 12.4 Å². The molecule has 0 spiro atoms. The third-order valence-corrected chi connectivity index (χ3v) is 3.85. The third kappa shape index (κ3) is 3.62. The molecule has 2 aromatic carbocycles. The van der Waals surface area contributed by atoms with Gasteiger partial charge in [-0.25, -0.2) is 0 Å². The van der Waals surface area contributed by atoms with Gasteiger partial charge in [-0.15, -0.1) is 0 Å².